The molecule has 0 radical (unpaired) electrons. The van der Waals surface area contributed by atoms with Crippen molar-refractivity contribution in [2.24, 2.45) is 0 Å². The van der Waals surface area contributed by atoms with Crippen LogP contribution in [0.3, 0.4) is 0 Å². The molecule has 141 heavy (non-hydrogen) atoms. The highest BCUT2D eigenvalue weighted by Crippen LogP contribution is 2.55. The van der Waals surface area contributed by atoms with E-state index in [1.807, 2.05) is 54.6 Å². The summed E-state index contributed by atoms with van der Waals surface area (Å²) >= 11 is 0. The van der Waals surface area contributed by atoms with Gasteiger partial charge in [-0.25, -0.2) is 0 Å². The third-order valence-electron chi connectivity index (χ3n) is 24.4. The number of rotatable bonds is 9. The molecule has 3 aromatic heterocycles. The van der Waals surface area contributed by atoms with Crippen molar-refractivity contribution in [1.29, 1.82) is 0 Å². The maximum Gasteiger partial charge on any atom is 0.143 e. The van der Waals surface area contributed by atoms with Crippen LogP contribution in [0.25, 0.3) is 295 Å². The summed E-state index contributed by atoms with van der Waals surface area (Å²) in [6, 6.07) is -39.1. The van der Waals surface area contributed by atoms with Crippen molar-refractivity contribution in [3.63, 3.8) is 0 Å². The minimum atomic E-state index is -1.11. The normalized spacial score (nSPS) is 18.9. The summed E-state index contributed by atoms with van der Waals surface area (Å²) in [6.07, 6.45) is 0. The van der Waals surface area contributed by atoms with Gasteiger partial charge in [0.2, 0.25) is 0 Å². The van der Waals surface area contributed by atoms with Crippen LogP contribution >= 0.6 is 0 Å². The second-order valence-electron chi connectivity index (χ2n) is 31.8. The molecule has 3 heteroatoms. The zero-order valence-corrected chi connectivity index (χ0v) is 71.2. The Hall–Kier alpha value is -18.5. The molecular weight excluding hydrogens is 1710 g/mol. The Morgan fingerprint density at radius 2 is 0.440 bits per heavy atom. The predicted molar refractivity (Wildman–Crippen MR) is 600 cm³/mol. The molecule has 27 aromatic carbocycles. The number of furan rings is 3. The average molecular weight is 1860 g/mol. The van der Waals surface area contributed by atoms with E-state index in [2.05, 4.69) is 0 Å². The number of hydrogen-bond acceptors (Lipinski definition) is 3. The molecule has 3 nitrogen and oxygen atoms in total. The summed E-state index contributed by atoms with van der Waals surface area (Å²) < 4.78 is 661. The van der Waals surface area contributed by atoms with Crippen LogP contribution in [-0.4, -0.2) is 0 Å². The molecule has 654 valence electrons. The van der Waals surface area contributed by atoms with Crippen LogP contribution in [0.4, 0.5) is 0 Å². The zero-order valence-electron chi connectivity index (χ0n) is 142. The highest BCUT2D eigenvalue weighted by atomic mass is 16.3. The zero-order chi connectivity index (χ0) is 154. The summed E-state index contributed by atoms with van der Waals surface area (Å²) in [7, 11) is 0. The molecule has 30 aromatic rings. The van der Waals surface area contributed by atoms with Gasteiger partial charge in [-0.15, -0.1) is 0 Å². The average Bonchev–Trinajstić information content (AvgIpc) is 1.22. The van der Waals surface area contributed by atoms with Gasteiger partial charge in [0.25, 0.3) is 0 Å². The van der Waals surface area contributed by atoms with Crippen LogP contribution < -0.4 is 0 Å². The summed E-state index contributed by atoms with van der Waals surface area (Å²) in [5, 5.41) is -11.6. The van der Waals surface area contributed by atoms with Gasteiger partial charge in [0.05, 0.1) is 97.3 Å². The van der Waals surface area contributed by atoms with Crippen molar-refractivity contribution in [2.45, 2.75) is 0 Å². The van der Waals surface area contributed by atoms with E-state index in [4.69, 9.17) is 76.3 Å². The van der Waals surface area contributed by atoms with Gasteiger partial charge in [-0.05, 0) is 262 Å². The number of fused-ring (bicyclic) bond motifs is 24. The van der Waals surface area contributed by atoms with Gasteiger partial charge in [-0.3, -0.25) is 0 Å². The molecule has 0 spiro atoms. The van der Waals surface area contributed by atoms with Gasteiger partial charge in [0.15, 0.2) is 0 Å². The molecule has 30 rings (SSSR count). The van der Waals surface area contributed by atoms with Crippen molar-refractivity contribution in [1.82, 2.24) is 0 Å². The quantitative estimate of drug-likeness (QED) is 0.135. The molecular formula is C138H84O3. The van der Waals surface area contributed by atoms with Gasteiger partial charge in [-0.2, -0.15) is 0 Å². The monoisotopic (exact) mass is 1860 g/mol. The SMILES string of the molecule is [2H]c1c([2H])c([2H])c(-c2c([2H])c([2H])c([2H])c3oc4c5c([2H])c([2H])c([2H])c([2H])c5c([2H])c([2H])c4c23)c(-c2c3c([2H])c([2H])c([2H])c([2H])c3c(-c3c([2H])c([2H])c([2H])c4c([2H])c([2H])c([2H])c([2H])c34)c3c([2H])c([2H])c([2H])c([2H])c23)c1[2H].[2H]c1c([2H])c([2H])c(-c2c([2H])c([2H])c([2H])c3oc4c5c([2H])c([2H])c([2H])c([2H])c5c([2H])c([2H])c4c23)c(-c2c3c([2H])c([2H])c([2H])c([2H])c3c(-c3c([2H])c([2H])c4c([2H])c([2H])c([2H])c([2H])c4c3[2H])c3c([2H])c([2H])c([2H])c([2H])c23)c1[2H].[2H]c1c([2H])c([2H])c2c([2H])c(-c3c4c([2H])c([2H])c([2H])c([2H])c4c(-c4ccccc4-c4cccc5oc6c7ccccc7ccc6c45)c4c([2H])c([2H])c([2H])c([2H])c34)c([2H])c([2H])c2c1[2H]. The molecule has 3 heterocycles. The molecule has 0 aliphatic carbocycles. The molecule has 0 fully saturated rings. The fourth-order valence-electron chi connectivity index (χ4n) is 18.6. The van der Waals surface area contributed by atoms with E-state index in [9.17, 15) is 34.3 Å². The van der Waals surface area contributed by atoms with Crippen LogP contribution in [0.5, 0.6) is 0 Å². The number of hydrogen-bond donors (Lipinski definition) is 0. The van der Waals surface area contributed by atoms with E-state index < -0.39 is 642 Å². The standard InChI is InChI=1S/3C46H28O/c1-3-16-31-29(13-1)15-11-24-34(31)43-37-20-7-9-22-39(37)44(40-23-10-8-21-38(40)43)35-19-6-5-18-33(35)36-25-12-26-42-45(36)41-28-27-30-14-2-4-17-32(30)46(41)47-42;2*1-2-14-31-28-32(25-24-29(31)12-1)43-37-18-7-9-20-39(37)44(40-21-10-8-19-38(40)43)35-17-6-5-16-34(35)36-22-11-23-42-45(36)41-27-26-30-13-3-4-15-33(30)46(41)47-42/h3*1-28H/i2*1D,2D,3D,4D,5D,6D,7D,8D,9D,10D,11D,12D,13D,14D,15D,16D,17D,18D,19D,20D,21D,22D,23D,24D,25D,26D,27D,28D;1D,2D,7D,8D,9D,10D,12D,14D,18D,19D,20D,21D,24D,25D,28D. The first-order valence-electron chi connectivity index (χ1n) is 78.3. The smallest absolute Gasteiger partial charge is 0.143 e. The molecule has 0 unspecified atom stereocenters. The molecule has 0 aliphatic rings. The van der Waals surface area contributed by atoms with Gasteiger partial charge in [-0.1, -0.05) is 459 Å². The van der Waals surface area contributed by atoms with E-state index in [1.54, 1.807) is 24.3 Å². The Labute approximate surface area is 911 Å². The third kappa shape index (κ3) is 13.1. The van der Waals surface area contributed by atoms with Crippen molar-refractivity contribution >= 4 is 195 Å². The Balaban J connectivity index is 0.000000140. The maximum atomic E-state index is 9.68. The topological polar surface area (TPSA) is 39.4 Å². The summed E-state index contributed by atoms with van der Waals surface area (Å²) in [5.74, 6) is 0. The predicted octanol–water partition coefficient (Wildman–Crippen LogP) is 39.6. The summed E-state index contributed by atoms with van der Waals surface area (Å²) in [4.78, 5) is 0. The summed E-state index contributed by atoms with van der Waals surface area (Å²) in [5.41, 5.74) is -10.4. The van der Waals surface area contributed by atoms with Crippen LogP contribution in [0, 0.1) is 0 Å². The second kappa shape index (κ2) is 33.2. The van der Waals surface area contributed by atoms with Gasteiger partial charge in [0.1, 0.15) is 33.5 Å². The van der Waals surface area contributed by atoms with Gasteiger partial charge in [0, 0.05) is 48.5 Å². The molecule has 0 amide bonds. The lowest BCUT2D eigenvalue weighted by atomic mass is 9.82. The van der Waals surface area contributed by atoms with E-state index in [0.717, 1.165) is 21.5 Å². The van der Waals surface area contributed by atoms with Crippen molar-refractivity contribution in [3.05, 3.63) is 508 Å². The first kappa shape index (κ1) is 37.2. The maximum absolute atomic E-state index is 9.68. The van der Waals surface area contributed by atoms with Crippen molar-refractivity contribution in [2.75, 3.05) is 0 Å². The molecule has 0 bridgehead atoms. The Morgan fingerprint density at radius 1 is 0.135 bits per heavy atom. The lowest BCUT2D eigenvalue weighted by Gasteiger charge is -2.20. The van der Waals surface area contributed by atoms with Crippen LogP contribution in [0.1, 0.15) is 97.3 Å². The fourth-order valence-corrected chi connectivity index (χ4v) is 18.6. The third-order valence-corrected chi connectivity index (χ3v) is 24.4. The Bertz CT molecular complexity index is 14900. The fraction of sp³-hybridized carbons (Fsp3) is 0. The van der Waals surface area contributed by atoms with E-state index in [0.29, 0.717) is 27.9 Å². The second-order valence-corrected chi connectivity index (χ2v) is 31.8. The minimum absolute atomic E-state index is 0.0236. The van der Waals surface area contributed by atoms with Crippen molar-refractivity contribution < 1.29 is 111 Å². The first-order valence-corrected chi connectivity index (χ1v) is 42.8. The Morgan fingerprint density at radius 3 is 0.908 bits per heavy atom. The lowest BCUT2D eigenvalue weighted by Crippen LogP contribution is -1.93. The van der Waals surface area contributed by atoms with Crippen molar-refractivity contribution in [3.8, 4) is 100 Å². The highest BCUT2D eigenvalue weighted by molar-refractivity contribution is 6.30. The van der Waals surface area contributed by atoms with Crippen LogP contribution in [-0.2, 0) is 0 Å². The Kier molecular flexibility index (Phi) is 8.75. The van der Waals surface area contributed by atoms with Gasteiger partial charge < -0.3 is 13.3 Å². The summed E-state index contributed by atoms with van der Waals surface area (Å²) in [6.45, 7) is 0. The van der Waals surface area contributed by atoms with Crippen LogP contribution in [0.2, 0.25) is 0 Å². The van der Waals surface area contributed by atoms with E-state index in [1.165, 1.54) is 0 Å². The molecule has 0 atom stereocenters. The molecule has 0 saturated heterocycles. The van der Waals surface area contributed by atoms with Gasteiger partial charge >= 0.3 is 0 Å². The lowest BCUT2D eigenvalue weighted by molar-refractivity contribution is 0.672. The molecule has 0 saturated carbocycles. The highest BCUT2D eigenvalue weighted by Gasteiger charge is 2.28. The molecule has 0 N–H and O–H groups in total. The van der Waals surface area contributed by atoms with E-state index in [-0.39, 0.29) is 32.7 Å². The van der Waals surface area contributed by atoms with E-state index >= 15 is 0 Å². The molecule has 0 aliphatic heterocycles. The minimum Gasteiger partial charge on any atom is -0.455 e. The first-order chi connectivity index (χ1) is 99.5. The largest absolute Gasteiger partial charge is 0.455 e. The van der Waals surface area contributed by atoms with Crippen LogP contribution in [0.15, 0.2) is 521 Å². The number of benzene rings is 27.